The Balaban J connectivity index is 2.40. The minimum Gasteiger partial charge on any atom is -0.486 e. The third-order valence-electron chi connectivity index (χ3n) is 2.70. The van der Waals surface area contributed by atoms with Gasteiger partial charge >= 0.3 is 0 Å². The van der Waals surface area contributed by atoms with Crippen molar-refractivity contribution in [1.29, 1.82) is 0 Å². The fourth-order valence-corrected chi connectivity index (χ4v) is 4.88. The molecule has 13 heavy (non-hydrogen) atoms. The van der Waals surface area contributed by atoms with Gasteiger partial charge in [0.25, 0.3) is 0 Å². The van der Waals surface area contributed by atoms with Gasteiger partial charge in [-0.25, -0.2) is 0 Å². The molecule has 1 fully saturated rings. The van der Waals surface area contributed by atoms with Crippen molar-refractivity contribution >= 4 is 25.5 Å². The first-order valence-corrected chi connectivity index (χ1v) is 8.53. The van der Waals surface area contributed by atoms with E-state index >= 15 is 0 Å². The molecule has 0 unspecified atom stereocenters. The van der Waals surface area contributed by atoms with Gasteiger partial charge in [0, 0.05) is 0 Å². The largest absolute Gasteiger partial charge is 0.486 e. The molecule has 0 atom stereocenters. The first-order valence-electron chi connectivity index (χ1n) is 4.97. The minimum atomic E-state index is -1.10. The summed E-state index contributed by atoms with van der Waals surface area (Å²) in [4.78, 5) is 0. The van der Waals surface area contributed by atoms with Gasteiger partial charge in [0.15, 0.2) is 5.05 Å². The van der Waals surface area contributed by atoms with E-state index < -0.39 is 8.24 Å². The van der Waals surface area contributed by atoms with E-state index in [1.165, 1.54) is 19.0 Å². The normalized spacial score (nSPS) is 21.8. The maximum Gasteiger partial charge on any atom is 0.173 e. The highest BCUT2D eigenvalue weighted by Crippen LogP contribution is 2.25. The van der Waals surface area contributed by atoms with E-state index in [1.807, 2.05) is 6.92 Å². The van der Waals surface area contributed by atoms with Crippen molar-refractivity contribution < 1.29 is 4.74 Å². The zero-order chi connectivity index (χ0) is 9.90. The topological polar surface area (TPSA) is 12.5 Å². The predicted molar refractivity (Wildman–Crippen MR) is 62.7 cm³/mol. The van der Waals surface area contributed by atoms with Crippen LogP contribution < -0.4 is 0 Å². The van der Waals surface area contributed by atoms with Crippen LogP contribution in [0.2, 0.25) is 19.1 Å². The van der Waals surface area contributed by atoms with Gasteiger partial charge < -0.3 is 9.30 Å². The van der Waals surface area contributed by atoms with Crippen LogP contribution >= 0.6 is 12.2 Å². The van der Waals surface area contributed by atoms with Crippen LogP contribution in [0.3, 0.4) is 0 Å². The summed E-state index contributed by atoms with van der Waals surface area (Å²) >= 11 is 5.15. The van der Waals surface area contributed by atoms with Crippen molar-refractivity contribution in [2.24, 2.45) is 0 Å². The lowest BCUT2D eigenvalue weighted by atomic mass is 10.5. The Morgan fingerprint density at radius 3 is 2.69 bits per heavy atom. The third kappa shape index (κ3) is 3.04. The van der Waals surface area contributed by atoms with Gasteiger partial charge in [-0.05, 0) is 38.2 Å². The molecular weight excluding hydrogens is 198 g/mol. The molecule has 1 rings (SSSR count). The molecule has 1 aliphatic heterocycles. The molecule has 4 heteroatoms. The van der Waals surface area contributed by atoms with Crippen molar-refractivity contribution in [2.45, 2.75) is 32.5 Å². The number of thiocarbonyl (C=S) groups is 1. The molecule has 0 aromatic heterocycles. The standard InChI is InChI=1S/C9H19NOSSi/c1-4-11-9(12)8-10-6-5-7-13(10,2)3/h4-8H2,1-3H3. The number of nitrogens with zero attached hydrogens (tertiary/aromatic N) is 1. The average molecular weight is 217 g/mol. The Hall–Kier alpha value is 0.0669. The summed E-state index contributed by atoms with van der Waals surface area (Å²) in [6, 6.07) is 1.40. The predicted octanol–water partition coefficient (Wildman–Crippen LogP) is 2.26. The molecule has 0 saturated carbocycles. The molecule has 0 spiro atoms. The molecule has 0 radical (unpaired) electrons. The maximum absolute atomic E-state index is 5.31. The Morgan fingerprint density at radius 2 is 2.23 bits per heavy atom. The van der Waals surface area contributed by atoms with Crippen LogP contribution in [0.1, 0.15) is 13.3 Å². The fraction of sp³-hybridized carbons (Fsp3) is 0.889. The van der Waals surface area contributed by atoms with Gasteiger partial charge in [-0.2, -0.15) is 0 Å². The van der Waals surface area contributed by atoms with Crippen LogP contribution in [-0.2, 0) is 4.74 Å². The van der Waals surface area contributed by atoms with Gasteiger partial charge in [0.05, 0.1) is 13.2 Å². The van der Waals surface area contributed by atoms with Crippen LogP contribution in [0.25, 0.3) is 0 Å². The van der Waals surface area contributed by atoms with E-state index in [9.17, 15) is 0 Å². The van der Waals surface area contributed by atoms with Crippen molar-refractivity contribution in [2.75, 3.05) is 19.7 Å². The Bertz CT molecular complexity index is 196. The van der Waals surface area contributed by atoms with Gasteiger partial charge in [-0.1, -0.05) is 13.1 Å². The van der Waals surface area contributed by atoms with Gasteiger partial charge in [0.2, 0.25) is 0 Å². The molecule has 1 aliphatic rings. The Morgan fingerprint density at radius 1 is 1.54 bits per heavy atom. The summed E-state index contributed by atoms with van der Waals surface area (Å²) in [5.41, 5.74) is 0. The highest BCUT2D eigenvalue weighted by molar-refractivity contribution is 7.80. The van der Waals surface area contributed by atoms with Gasteiger partial charge in [-0.15, -0.1) is 0 Å². The van der Waals surface area contributed by atoms with Crippen LogP contribution in [0.5, 0.6) is 0 Å². The average Bonchev–Trinajstić information content (AvgIpc) is 2.31. The Labute approximate surface area is 87.3 Å². The van der Waals surface area contributed by atoms with Crippen LogP contribution in [0, 0.1) is 0 Å². The minimum absolute atomic E-state index is 0.703. The highest BCUT2D eigenvalue weighted by Gasteiger charge is 2.34. The van der Waals surface area contributed by atoms with E-state index in [1.54, 1.807) is 0 Å². The van der Waals surface area contributed by atoms with Gasteiger partial charge in [-0.3, -0.25) is 0 Å². The molecule has 0 bridgehead atoms. The van der Waals surface area contributed by atoms with Gasteiger partial charge in [0.1, 0.15) is 8.24 Å². The highest BCUT2D eigenvalue weighted by atomic mass is 32.1. The molecule has 0 amide bonds. The van der Waals surface area contributed by atoms with Crippen LogP contribution in [0.15, 0.2) is 0 Å². The van der Waals surface area contributed by atoms with E-state index in [4.69, 9.17) is 17.0 Å². The Kier molecular flexibility index (Phi) is 3.88. The van der Waals surface area contributed by atoms with E-state index in [2.05, 4.69) is 17.7 Å². The molecule has 0 N–H and O–H groups in total. The number of hydrogen-bond donors (Lipinski definition) is 0. The molecule has 2 nitrogen and oxygen atoms in total. The van der Waals surface area contributed by atoms with Crippen LogP contribution in [0.4, 0.5) is 0 Å². The number of rotatable bonds is 3. The number of hydrogen-bond acceptors (Lipinski definition) is 3. The molecule has 0 aromatic carbocycles. The third-order valence-corrected chi connectivity index (χ3v) is 6.62. The zero-order valence-corrected chi connectivity index (χ0v) is 10.6. The molecule has 1 heterocycles. The van der Waals surface area contributed by atoms with E-state index in [0.29, 0.717) is 6.61 Å². The second kappa shape index (κ2) is 4.53. The molecule has 1 saturated heterocycles. The summed E-state index contributed by atoms with van der Waals surface area (Å²) in [6.07, 6.45) is 1.34. The lowest BCUT2D eigenvalue weighted by Gasteiger charge is -2.29. The second-order valence-corrected chi connectivity index (χ2v) is 9.36. The van der Waals surface area contributed by atoms with Crippen LogP contribution in [-0.4, -0.2) is 37.5 Å². The van der Waals surface area contributed by atoms with Crippen molar-refractivity contribution in [3.8, 4) is 0 Å². The smallest absolute Gasteiger partial charge is 0.173 e. The SMILES string of the molecule is CCOC(=S)CN1CCC[Si]1(C)C. The first-order chi connectivity index (χ1) is 6.06. The van der Waals surface area contributed by atoms with Crippen molar-refractivity contribution in [3.63, 3.8) is 0 Å². The summed E-state index contributed by atoms with van der Waals surface area (Å²) in [6.45, 7) is 9.60. The summed E-state index contributed by atoms with van der Waals surface area (Å²) < 4.78 is 7.86. The molecule has 0 aliphatic carbocycles. The molecule has 76 valence electrons. The van der Waals surface area contributed by atoms with Crippen molar-refractivity contribution in [3.05, 3.63) is 0 Å². The fourth-order valence-electron chi connectivity index (χ4n) is 1.82. The van der Waals surface area contributed by atoms with E-state index in [-0.39, 0.29) is 0 Å². The lowest BCUT2D eigenvalue weighted by molar-refractivity contribution is 0.316. The molecular formula is C9H19NOSSi. The summed E-state index contributed by atoms with van der Waals surface area (Å²) in [5.74, 6) is 0. The van der Waals surface area contributed by atoms with Crippen molar-refractivity contribution in [1.82, 2.24) is 4.57 Å². The zero-order valence-electron chi connectivity index (χ0n) is 8.80. The summed E-state index contributed by atoms with van der Waals surface area (Å²) in [5, 5.41) is 0.768. The maximum atomic E-state index is 5.31. The first kappa shape index (κ1) is 11.1. The number of ether oxygens (including phenoxy) is 1. The monoisotopic (exact) mass is 217 g/mol. The second-order valence-electron chi connectivity index (χ2n) is 4.14. The van der Waals surface area contributed by atoms with E-state index in [0.717, 1.165) is 11.6 Å². The molecule has 0 aromatic rings. The summed E-state index contributed by atoms with van der Waals surface area (Å²) in [7, 11) is -1.10. The lowest BCUT2D eigenvalue weighted by Crippen LogP contribution is -2.45. The quantitative estimate of drug-likeness (QED) is 0.531.